The second kappa shape index (κ2) is 9.17. The number of rotatable bonds is 6. The predicted molar refractivity (Wildman–Crippen MR) is 125 cm³/mol. The van der Waals surface area contributed by atoms with E-state index in [1.54, 1.807) is 51.3 Å². The van der Waals surface area contributed by atoms with E-state index in [0.29, 0.717) is 23.5 Å². The Morgan fingerprint density at radius 1 is 1.06 bits per heavy atom. The van der Waals surface area contributed by atoms with Gasteiger partial charge in [0.05, 0.1) is 24.1 Å². The third kappa shape index (κ3) is 4.59. The molecule has 7 heteroatoms. The van der Waals surface area contributed by atoms with E-state index in [-0.39, 0.29) is 23.3 Å². The summed E-state index contributed by atoms with van der Waals surface area (Å²) in [5.41, 5.74) is 1.62. The molecule has 2 atom stereocenters. The normalized spacial score (nSPS) is 17.3. The highest BCUT2D eigenvalue weighted by Gasteiger charge is 2.36. The van der Waals surface area contributed by atoms with Gasteiger partial charge in [-0.3, -0.25) is 4.79 Å². The summed E-state index contributed by atoms with van der Waals surface area (Å²) in [7, 11) is 1.57. The van der Waals surface area contributed by atoms with Crippen molar-refractivity contribution >= 4 is 11.9 Å². The summed E-state index contributed by atoms with van der Waals surface area (Å²) in [5, 5.41) is 12.3. The van der Waals surface area contributed by atoms with Gasteiger partial charge in [-0.05, 0) is 61.4 Å². The average molecular weight is 464 g/mol. The van der Waals surface area contributed by atoms with Crippen molar-refractivity contribution in [2.45, 2.75) is 37.8 Å². The van der Waals surface area contributed by atoms with Gasteiger partial charge in [0.1, 0.15) is 23.4 Å². The summed E-state index contributed by atoms with van der Waals surface area (Å²) in [6.07, 6.45) is 0.0541. The van der Waals surface area contributed by atoms with E-state index < -0.39 is 17.5 Å². The standard InChI is InChI=1S/C27H26FNO5/c1-27(2,18-8-10-19(28)11-9-18)26(32)29-22-15-23(16-4-6-17(7-5-16)25(30)31)34-24-14-20(33-3)12-13-21(22)24/h4-14,22-23H,15H2,1-3H3,(H,29,32)(H,30,31)/t22-,23-/m1/s1. The van der Waals surface area contributed by atoms with Crippen LogP contribution in [0.25, 0.3) is 0 Å². The lowest BCUT2D eigenvalue weighted by atomic mass is 9.82. The number of carboxylic acids is 1. The van der Waals surface area contributed by atoms with Gasteiger partial charge in [-0.25, -0.2) is 9.18 Å². The molecule has 0 fully saturated rings. The Hall–Kier alpha value is -3.87. The van der Waals surface area contributed by atoms with Gasteiger partial charge in [-0.15, -0.1) is 0 Å². The second-order valence-corrected chi connectivity index (χ2v) is 8.83. The molecule has 1 amide bonds. The molecule has 0 spiro atoms. The van der Waals surface area contributed by atoms with Crippen molar-refractivity contribution < 1.29 is 28.6 Å². The fraction of sp³-hybridized carbons (Fsp3) is 0.259. The molecule has 3 aromatic carbocycles. The molecule has 0 radical (unpaired) electrons. The fourth-order valence-corrected chi connectivity index (χ4v) is 4.09. The number of fused-ring (bicyclic) bond motifs is 1. The number of hydrogen-bond donors (Lipinski definition) is 2. The van der Waals surface area contributed by atoms with Crippen LogP contribution in [0.1, 0.15) is 59.5 Å². The number of carboxylic acid groups (broad SMARTS) is 1. The van der Waals surface area contributed by atoms with Crippen molar-refractivity contribution in [2.75, 3.05) is 7.11 Å². The minimum Gasteiger partial charge on any atom is -0.497 e. The van der Waals surface area contributed by atoms with Crippen LogP contribution >= 0.6 is 0 Å². The number of amides is 1. The Morgan fingerprint density at radius 3 is 2.35 bits per heavy atom. The Balaban J connectivity index is 1.64. The summed E-state index contributed by atoms with van der Waals surface area (Å²) in [4.78, 5) is 24.6. The van der Waals surface area contributed by atoms with Crippen LogP contribution in [-0.4, -0.2) is 24.1 Å². The number of benzene rings is 3. The zero-order chi connectivity index (χ0) is 24.5. The lowest BCUT2D eigenvalue weighted by Gasteiger charge is -2.35. The van der Waals surface area contributed by atoms with Gasteiger partial charge in [0.15, 0.2) is 0 Å². The van der Waals surface area contributed by atoms with Crippen molar-refractivity contribution in [3.8, 4) is 11.5 Å². The molecule has 0 aromatic heterocycles. The molecule has 4 rings (SSSR count). The summed E-state index contributed by atoms with van der Waals surface area (Å²) in [5.74, 6) is -0.351. The number of nitrogens with one attached hydrogen (secondary N) is 1. The molecule has 1 aliphatic rings. The molecular formula is C27H26FNO5. The molecule has 2 N–H and O–H groups in total. The first-order valence-electron chi connectivity index (χ1n) is 10.9. The minimum atomic E-state index is -1.00. The van der Waals surface area contributed by atoms with Gasteiger partial charge in [0, 0.05) is 18.1 Å². The number of halogens is 1. The Labute approximate surface area is 197 Å². The zero-order valence-corrected chi connectivity index (χ0v) is 19.2. The lowest BCUT2D eigenvalue weighted by Crippen LogP contribution is -2.43. The van der Waals surface area contributed by atoms with Crippen molar-refractivity contribution in [2.24, 2.45) is 0 Å². The highest BCUT2D eigenvalue weighted by atomic mass is 19.1. The molecule has 0 bridgehead atoms. The SMILES string of the molecule is COc1ccc2c(c1)O[C@@H](c1ccc(C(=O)O)cc1)C[C@H]2NC(=O)C(C)(C)c1ccc(F)cc1. The van der Waals surface area contributed by atoms with E-state index in [9.17, 15) is 19.1 Å². The molecular weight excluding hydrogens is 437 g/mol. The third-order valence-corrected chi connectivity index (χ3v) is 6.28. The molecule has 0 unspecified atom stereocenters. The quantitative estimate of drug-likeness (QED) is 0.526. The van der Waals surface area contributed by atoms with Crippen LogP contribution in [0.15, 0.2) is 66.7 Å². The van der Waals surface area contributed by atoms with Crippen molar-refractivity contribution in [1.29, 1.82) is 0 Å². The maximum atomic E-state index is 13.4. The molecule has 6 nitrogen and oxygen atoms in total. The summed E-state index contributed by atoms with van der Waals surface area (Å²) >= 11 is 0. The maximum Gasteiger partial charge on any atom is 0.335 e. The highest BCUT2D eigenvalue weighted by molar-refractivity contribution is 5.88. The Morgan fingerprint density at radius 2 is 1.74 bits per heavy atom. The topological polar surface area (TPSA) is 84.9 Å². The first kappa shape index (κ1) is 23.3. The highest BCUT2D eigenvalue weighted by Crippen LogP contribution is 2.43. The summed E-state index contributed by atoms with van der Waals surface area (Å²) in [6.45, 7) is 3.60. The number of carbonyl (C=O) groups excluding carboxylic acids is 1. The van der Waals surface area contributed by atoms with Gasteiger partial charge >= 0.3 is 5.97 Å². The van der Waals surface area contributed by atoms with Crippen LogP contribution in [0.5, 0.6) is 11.5 Å². The number of carbonyl (C=O) groups is 2. The first-order chi connectivity index (χ1) is 16.2. The molecule has 34 heavy (non-hydrogen) atoms. The summed E-state index contributed by atoms with van der Waals surface area (Å²) < 4.78 is 25.0. The van der Waals surface area contributed by atoms with Gasteiger partial charge in [-0.1, -0.05) is 24.3 Å². The van der Waals surface area contributed by atoms with Crippen molar-refractivity contribution in [3.63, 3.8) is 0 Å². The van der Waals surface area contributed by atoms with Crippen LogP contribution in [-0.2, 0) is 10.2 Å². The average Bonchev–Trinajstić information content (AvgIpc) is 2.83. The van der Waals surface area contributed by atoms with E-state index in [1.807, 2.05) is 12.1 Å². The lowest BCUT2D eigenvalue weighted by molar-refractivity contribution is -0.126. The summed E-state index contributed by atoms with van der Waals surface area (Å²) in [6, 6.07) is 17.5. The molecule has 3 aromatic rings. The van der Waals surface area contributed by atoms with Crippen LogP contribution < -0.4 is 14.8 Å². The molecule has 0 saturated carbocycles. The smallest absolute Gasteiger partial charge is 0.335 e. The van der Waals surface area contributed by atoms with Crippen LogP contribution in [0.2, 0.25) is 0 Å². The van der Waals surface area contributed by atoms with E-state index in [4.69, 9.17) is 9.47 Å². The number of methoxy groups -OCH3 is 1. The number of ether oxygens (including phenoxy) is 2. The van der Waals surface area contributed by atoms with Crippen LogP contribution in [0.3, 0.4) is 0 Å². The predicted octanol–water partition coefficient (Wildman–Crippen LogP) is 5.19. The van der Waals surface area contributed by atoms with Gasteiger partial charge < -0.3 is 19.9 Å². The Kier molecular flexibility index (Phi) is 6.28. The largest absolute Gasteiger partial charge is 0.497 e. The van der Waals surface area contributed by atoms with Crippen molar-refractivity contribution in [1.82, 2.24) is 5.32 Å². The van der Waals surface area contributed by atoms with Crippen LogP contribution in [0, 0.1) is 5.82 Å². The Bertz CT molecular complexity index is 1200. The molecule has 0 aliphatic carbocycles. The number of hydrogen-bond acceptors (Lipinski definition) is 4. The third-order valence-electron chi connectivity index (χ3n) is 6.28. The first-order valence-corrected chi connectivity index (χ1v) is 10.9. The second-order valence-electron chi connectivity index (χ2n) is 8.83. The molecule has 1 aliphatic heterocycles. The fourth-order valence-electron chi connectivity index (χ4n) is 4.09. The van der Waals surface area contributed by atoms with E-state index in [0.717, 1.165) is 11.1 Å². The minimum absolute atomic E-state index is 0.188. The zero-order valence-electron chi connectivity index (χ0n) is 19.2. The van der Waals surface area contributed by atoms with Gasteiger partial charge in [-0.2, -0.15) is 0 Å². The van der Waals surface area contributed by atoms with E-state index >= 15 is 0 Å². The van der Waals surface area contributed by atoms with E-state index in [1.165, 1.54) is 24.3 Å². The number of aromatic carboxylic acids is 1. The molecule has 176 valence electrons. The van der Waals surface area contributed by atoms with Gasteiger partial charge in [0.2, 0.25) is 5.91 Å². The monoisotopic (exact) mass is 463 g/mol. The molecule has 0 saturated heterocycles. The van der Waals surface area contributed by atoms with E-state index in [2.05, 4.69) is 5.32 Å². The van der Waals surface area contributed by atoms with Crippen LogP contribution in [0.4, 0.5) is 4.39 Å². The van der Waals surface area contributed by atoms with Crippen molar-refractivity contribution in [3.05, 3.63) is 94.8 Å². The maximum absolute atomic E-state index is 13.4. The molecule has 1 heterocycles. The van der Waals surface area contributed by atoms with Gasteiger partial charge in [0.25, 0.3) is 0 Å².